The minimum absolute atomic E-state index is 0.238. The highest BCUT2D eigenvalue weighted by Crippen LogP contribution is 2.19. The maximum Gasteiger partial charge on any atom is 0.325 e. The fraction of sp³-hybridized carbons (Fsp3) is 0.231. The van der Waals surface area contributed by atoms with Gasteiger partial charge in [-0.25, -0.2) is 0 Å². The van der Waals surface area contributed by atoms with E-state index in [0.29, 0.717) is 0 Å². The summed E-state index contributed by atoms with van der Waals surface area (Å²) >= 11 is 0. The molecule has 1 aromatic carbocycles. The zero-order valence-electron chi connectivity index (χ0n) is 9.88. The summed E-state index contributed by atoms with van der Waals surface area (Å²) in [5.41, 5.74) is 1.92. The maximum atomic E-state index is 11.2. The van der Waals surface area contributed by atoms with Gasteiger partial charge in [-0.2, -0.15) is 0 Å². The highest BCUT2D eigenvalue weighted by Gasteiger charge is 2.07. The number of carbonyl (C=O) groups is 1. The van der Waals surface area contributed by atoms with Crippen LogP contribution >= 0.6 is 0 Å². The van der Waals surface area contributed by atoms with E-state index in [1.165, 1.54) is 7.11 Å². The highest BCUT2D eigenvalue weighted by molar-refractivity contribution is 5.83. The lowest BCUT2D eigenvalue weighted by atomic mass is 10.2. The van der Waals surface area contributed by atoms with Crippen molar-refractivity contribution in [2.45, 2.75) is 0 Å². The number of aromatic nitrogens is 1. The topological polar surface area (TPSA) is 42.4 Å². The van der Waals surface area contributed by atoms with Gasteiger partial charge in [0.05, 0.1) is 12.6 Å². The molecule has 17 heavy (non-hydrogen) atoms. The molecule has 0 spiro atoms. The van der Waals surface area contributed by atoms with Crippen molar-refractivity contribution in [3.8, 4) is 0 Å². The van der Waals surface area contributed by atoms with E-state index in [-0.39, 0.29) is 12.5 Å². The molecule has 1 aromatic heterocycles. The molecule has 0 unspecified atom stereocenters. The molecule has 0 saturated carbocycles. The number of rotatable bonds is 3. The second kappa shape index (κ2) is 4.82. The van der Waals surface area contributed by atoms with E-state index in [2.05, 4.69) is 9.72 Å². The predicted molar refractivity (Wildman–Crippen MR) is 67.0 cm³/mol. The normalized spacial score (nSPS) is 10.2. The van der Waals surface area contributed by atoms with Gasteiger partial charge in [0.1, 0.15) is 6.54 Å². The molecule has 0 amide bonds. The number of nitrogens with zero attached hydrogens (tertiary/aromatic N) is 2. The van der Waals surface area contributed by atoms with Gasteiger partial charge in [0.2, 0.25) is 0 Å². The highest BCUT2D eigenvalue weighted by atomic mass is 16.5. The summed E-state index contributed by atoms with van der Waals surface area (Å²) in [6.07, 6.45) is 1.76. The summed E-state index contributed by atoms with van der Waals surface area (Å²) in [4.78, 5) is 17.3. The Bertz CT molecular complexity index is 540. The number of likely N-dealkylation sites (N-methyl/N-ethyl adjacent to an activating group) is 1. The molecule has 4 heteroatoms. The van der Waals surface area contributed by atoms with Gasteiger partial charge in [0, 0.05) is 24.3 Å². The van der Waals surface area contributed by atoms with Gasteiger partial charge in [-0.3, -0.25) is 9.78 Å². The number of hydrogen-bond acceptors (Lipinski definition) is 4. The average Bonchev–Trinajstić information content (AvgIpc) is 2.38. The van der Waals surface area contributed by atoms with Crippen LogP contribution in [-0.2, 0) is 9.53 Å². The second-order valence-electron chi connectivity index (χ2n) is 3.81. The summed E-state index contributed by atoms with van der Waals surface area (Å²) in [5, 5.41) is 1.06. The number of esters is 1. The average molecular weight is 230 g/mol. The van der Waals surface area contributed by atoms with Crippen LogP contribution in [0.2, 0.25) is 0 Å². The van der Waals surface area contributed by atoms with Crippen LogP contribution in [0, 0.1) is 0 Å². The van der Waals surface area contributed by atoms with Crippen molar-refractivity contribution in [3.05, 3.63) is 36.5 Å². The number of ether oxygens (including phenoxy) is 1. The van der Waals surface area contributed by atoms with Crippen LogP contribution in [0.3, 0.4) is 0 Å². The zero-order chi connectivity index (χ0) is 12.3. The lowest BCUT2D eigenvalue weighted by molar-refractivity contribution is -0.138. The van der Waals surface area contributed by atoms with Crippen molar-refractivity contribution in [2.75, 3.05) is 25.6 Å². The van der Waals surface area contributed by atoms with Crippen LogP contribution in [0.15, 0.2) is 36.5 Å². The number of carbonyl (C=O) groups excluding carboxylic acids is 1. The molecule has 0 N–H and O–H groups in total. The molecular weight excluding hydrogens is 216 g/mol. The van der Waals surface area contributed by atoms with Gasteiger partial charge < -0.3 is 9.64 Å². The van der Waals surface area contributed by atoms with Gasteiger partial charge in [-0.1, -0.05) is 6.07 Å². The Morgan fingerprint density at radius 2 is 2.24 bits per heavy atom. The molecular formula is C13H14N2O2. The molecule has 0 bridgehead atoms. The van der Waals surface area contributed by atoms with Crippen LogP contribution in [0.5, 0.6) is 0 Å². The summed E-state index contributed by atoms with van der Waals surface area (Å²) in [5.74, 6) is -0.251. The molecule has 0 aliphatic rings. The van der Waals surface area contributed by atoms with Gasteiger partial charge >= 0.3 is 5.97 Å². The van der Waals surface area contributed by atoms with Crippen molar-refractivity contribution in [2.24, 2.45) is 0 Å². The molecule has 4 nitrogen and oxygen atoms in total. The molecule has 0 fully saturated rings. The first-order chi connectivity index (χ1) is 8.20. The maximum absolute atomic E-state index is 11.2. The summed E-state index contributed by atoms with van der Waals surface area (Å²) < 4.78 is 4.64. The van der Waals surface area contributed by atoms with Gasteiger partial charge in [0.15, 0.2) is 0 Å². The number of benzene rings is 1. The van der Waals surface area contributed by atoms with E-state index >= 15 is 0 Å². The Morgan fingerprint density at radius 3 is 3.00 bits per heavy atom. The number of pyridine rings is 1. The Hall–Kier alpha value is -2.10. The minimum atomic E-state index is -0.251. The largest absolute Gasteiger partial charge is 0.468 e. The SMILES string of the molecule is COC(=O)CN(C)c1ccc2ncccc2c1. The molecule has 0 aliphatic carbocycles. The van der Waals surface area contributed by atoms with E-state index in [1.807, 2.05) is 42.3 Å². The minimum Gasteiger partial charge on any atom is -0.468 e. The van der Waals surface area contributed by atoms with E-state index in [1.54, 1.807) is 6.20 Å². The van der Waals surface area contributed by atoms with E-state index in [0.717, 1.165) is 16.6 Å². The van der Waals surface area contributed by atoms with Crippen molar-refractivity contribution in [1.82, 2.24) is 4.98 Å². The third kappa shape index (κ3) is 2.53. The third-order valence-electron chi connectivity index (χ3n) is 2.62. The zero-order valence-corrected chi connectivity index (χ0v) is 9.88. The van der Waals surface area contributed by atoms with E-state index in [4.69, 9.17) is 0 Å². The van der Waals surface area contributed by atoms with Crippen molar-refractivity contribution in [1.29, 1.82) is 0 Å². The molecule has 0 radical (unpaired) electrons. The van der Waals surface area contributed by atoms with Crippen molar-refractivity contribution < 1.29 is 9.53 Å². The lowest BCUT2D eigenvalue weighted by Gasteiger charge is -2.17. The van der Waals surface area contributed by atoms with Crippen LogP contribution < -0.4 is 4.90 Å². The third-order valence-corrected chi connectivity index (χ3v) is 2.62. The fourth-order valence-corrected chi connectivity index (χ4v) is 1.65. The van der Waals surface area contributed by atoms with E-state index in [9.17, 15) is 4.79 Å². The first-order valence-electron chi connectivity index (χ1n) is 5.33. The second-order valence-corrected chi connectivity index (χ2v) is 3.81. The smallest absolute Gasteiger partial charge is 0.325 e. The Morgan fingerprint density at radius 1 is 1.41 bits per heavy atom. The van der Waals surface area contributed by atoms with Gasteiger partial charge in [-0.05, 0) is 24.3 Å². The Labute approximate surface area is 99.8 Å². The molecule has 0 saturated heterocycles. The van der Waals surface area contributed by atoms with Crippen LogP contribution in [0.4, 0.5) is 5.69 Å². The van der Waals surface area contributed by atoms with Crippen molar-refractivity contribution >= 4 is 22.6 Å². The number of anilines is 1. The number of hydrogen-bond donors (Lipinski definition) is 0. The van der Waals surface area contributed by atoms with Crippen molar-refractivity contribution in [3.63, 3.8) is 0 Å². The number of methoxy groups -OCH3 is 1. The number of fused-ring (bicyclic) bond motifs is 1. The molecule has 1 heterocycles. The predicted octanol–water partition coefficient (Wildman–Crippen LogP) is 1.84. The monoisotopic (exact) mass is 230 g/mol. The quantitative estimate of drug-likeness (QED) is 0.755. The van der Waals surface area contributed by atoms with Crippen LogP contribution in [0.1, 0.15) is 0 Å². The van der Waals surface area contributed by atoms with Gasteiger partial charge in [-0.15, -0.1) is 0 Å². The summed E-state index contributed by atoms with van der Waals surface area (Å²) in [6.45, 7) is 0.238. The molecule has 0 aliphatic heterocycles. The molecule has 88 valence electrons. The van der Waals surface area contributed by atoms with Gasteiger partial charge in [0.25, 0.3) is 0 Å². The first-order valence-corrected chi connectivity index (χ1v) is 5.33. The molecule has 2 aromatic rings. The standard InChI is InChI=1S/C13H14N2O2/c1-15(9-13(16)17-2)11-5-6-12-10(8-11)4-3-7-14-12/h3-8H,9H2,1-2H3. The van der Waals surface area contributed by atoms with Crippen LogP contribution in [-0.4, -0.2) is 31.7 Å². The first kappa shape index (κ1) is 11.4. The lowest BCUT2D eigenvalue weighted by Crippen LogP contribution is -2.26. The Kier molecular flexibility index (Phi) is 3.23. The summed E-state index contributed by atoms with van der Waals surface area (Å²) in [7, 11) is 3.24. The van der Waals surface area contributed by atoms with Crippen LogP contribution in [0.25, 0.3) is 10.9 Å². The molecule has 2 rings (SSSR count). The fourth-order valence-electron chi connectivity index (χ4n) is 1.65. The Balaban J connectivity index is 2.26. The summed E-state index contributed by atoms with van der Waals surface area (Å²) in [6, 6.07) is 9.78. The van der Waals surface area contributed by atoms with E-state index < -0.39 is 0 Å². The molecule has 0 atom stereocenters.